The molecule has 0 fully saturated rings. The van der Waals surface area contributed by atoms with Crippen LogP contribution in [-0.4, -0.2) is 20.3 Å². The van der Waals surface area contributed by atoms with Crippen LogP contribution in [0.4, 0.5) is 0 Å². The van der Waals surface area contributed by atoms with E-state index in [9.17, 15) is 4.79 Å². The maximum atomic E-state index is 11.2. The molecule has 18 heavy (non-hydrogen) atoms. The van der Waals surface area contributed by atoms with E-state index in [1.807, 2.05) is 37.3 Å². The molecule has 100 valence electrons. The number of amides is 1. The molecule has 0 spiro atoms. The Labute approximate surface area is 111 Å². The number of nitrogens with one attached hydrogen (secondary N) is 1. The third kappa shape index (κ3) is 5.02. The maximum Gasteiger partial charge on any atom is 0.217 e. The summed E-state index contributed by atoms with van der Waals surface area (Å²) in [4.78, 5) is 11.2. The summed E-state index contributed by atoms with van der Waals surface area (Å²) in [6, 6.07) is 10.0. The van der Waals surface area contributed by atoms with Crippen molar-refractivity contribution in [3.05, 3.63) is 35.9 Å². The summed E-state index contributed by atoms with van der Waals surface area (Å²) in [6.07, 6.45) is -0.0817. The van der Waals surface area contributed by atoms with Gasteiger partial charge in [-0.2, -0.15) is 0 Å². The van der Waals surface area contributed by atoms with E-state index in [0.717, 1.165) is 5.56 Å². The van der Waals surface area contributed by atoms with E-state index >= 15 is 0 Å². The Morgan fingerprint density at radius 1 is 1.22 bits per heavy atom. The average molecular weight is 265 g/mol. The molecule has 0 aliphatic heterocycles. The number of benzene rings is 1. The molecule has 0 saturated carbocycles. The fraction of sp³-hybridized carbons (Fsp3) is 0.500. The smallest absolute Gasteiger partial charge is 0.217 e. The van der Waals surface area contributed by atoms with Crippen LogP contribution in [0.2, 0.25) is 19.6 Å². The third-order valence-electron chi connectivity index (χ3n) is 2.49. The Hall–Kier alpha value is -1.13. The average Bonchev–Trinajstić information content (AvgIpc) is 2.25. The topological polar surface area (TPSA) is 38.3 Å². The van der Waals surface area contributed by atoms with Crippen LogP contribution in [0.25, 0.3) is 0 Å². The summed E-state index contributed by atoms with van der Waals surface area (Å²) in [5, 5.41) is 2.92. The summed E-state index contributed by atoms with van der Waals surface area (Å²) in [6.45, 7) is 9.99. The van der Waals surface area contributed by atoms with E-state index in [2.05, 4.69) is 25.0 Å². The van der Waals surface area contributed by atoms with Crippen molar-refractivity contribution in [1.29, 1.82) is 0 Å². The molecule has 0 aliphatic rings. The van der Waals surface area contributed by atoms with E-state index in [-0.39, 0.29) is 18.1 Å². The Bertz CT molecular complexity index is 387. The van der Waals surface area contributed by atoms with E-state index < -0.39 is 8.32 Å². The standard InChI is InChI=1S/C14H23NO2Si/c1-11(15-12(2)16)14(17-18(3,4)5)13-9-7-6-8-10-13/h6-11,14H,1-5H3,(H,15,16)/t11-,14+/m0/s1. The van der Waals surface area contributed by atoms with Gasteiger partial charge in [-0.3, -0.25) is 4.79 Å². The van der Waals surface area contributed by atoms with E-state index in [4.69, 9.17) is 4.43 Å². The molecule has 0 radical (unpaired) electrons. The predicted molar refractivity (Wildman–Crippen MR) is 76.9 cm³/mol. The zero-order chi connectivity index (χ0) is 13.8. The minimum absolute atomic E-state index is 0.0254. The second kappa shape index (κ2) is 6.16. The molecule has 1 N–H and O–H groups in total. The van der Waals surface area contributed by atoms with Gasteiger partial charge in [0.15, 0.2) is 8.32 Å². The monoisotopic (exact) mass is 265 g/mol. The first-order valence-electron chi connectivity index (χ1n) is 6.29. The van der Waals surface area contributed by atoms with Crippen molar-refractivity contribution in [1.82, 2.24) is 5.32 Å². The van der Waals surface area contributed by atoms with Crippen LogP contribution in [0.1, 0.15) is 25.5 Å². The van der Waals surface area contributed by atoms with Crippen LogP contribution >= 0.6 is 0 Å². The van der Waals surface area contributed by atoms with E-state index in [0.29, 0.717) is 0 Å². The third-order valence-corrected chi connectivity index (χ3v) is 3.45. The SMILES string of the molecule is CC(=O)N[C@@H](C)[C@@H](O[Si](C)(C)C)c1ccccc1. The molecule has 0 aliphatic carbocycles. The highest BCUT2D eigenvalue weighted by Gasteiger charge is 2.27. The van der Waals surface area contributed by atoms with Gasteiger partial charge in [-0.15, -0.1) is 0 Å². The number of hydrogen-bond acceptors (Lipinski definition) is 2. The quantitative estimate of drug-likeness (QED) is 0.831. The lowest BCUT2D eigenvalue weighted by Crippen LogP contribution is -2.41. The Morgan fingerprint density at radius 3 is 2.22 bits per heavy atom. The second-order valence-corrected chi connectivity index (χ2v) is 10.0. The lowest BCUT2D eigenvalue weighted by molar-refractivity contribution is -0.120. The molecule has 4 heteroatoms. The minimum atomic E-state index is -1.67. The van der Waals surface area contributed by atoms with Gasteiger partial charge in [0, 0.05) is 6.92 Å². The van der Waals surface area contributed by atoms with Crippen LogP contribution in [-0.2, 0) is 9.22 Å². The van der Waals surface area contributed by atoms with Gasteiger partial charge in [-0.1, -0.05) is 30.3 Å². The zero-order valence-electron chi connectivity index (χ0n) is 11.9. The normalized spacial score (nSPS) is 14.9. The Balaban J connectivity index is 2.92. The van der Waals surface area contributed by atoms with Crippen molar-refractivity contribution in [2.45, 2.75) is 45.6 Å². The summed E-state index contributed by atoms with van der Waals surface area (Å²) < 4.78 is 6.21. The fourth-order valence-corrected chi connectivity index (χ4v) is 2.98. The van der Waals surface area contributed by atoms with Crippen molar-refractivity contribution < 1.29 is 9.22 Å². The van der Waals surface area contributed by atoms with Gasteiger partial charge in [0.05, 0.1) is 12.1 Å². The molecule has 0 saturated heterocycles. The summed E-state index contributed by atoms with van der Waals surface area (Å²) in [7, 11) is -1.67. The van der Waals surface area contributed by atoms with Gasteiger partial charge < -0.3 is 9.74 Å². The van der Waals surface area contributed by atoms with Gasteiger partial charge in [0.25, 0.3) is 0 Å². The van der Waals surface area contributed by atoms with E-state index in [1.165, 1.54) is 6.92 Å². The molecule has 0 aromatic heterocycles. The largest absolute Gasteiger partial charge is 0.409 e. The van der Waals surface area contributed by atoms with Crippen molar-refractivity contribution in [2.75, 3.05) is 0 Å². The number of hydrogen-bond donors (Lipinski definition) is 1. The van der Waals surface area contributed by atoms with Crippen LogP contribution in [0.3, 0.4) is 0 Å². The lowest BCUT2D eigenvalue weighted by atomic mass is 10.0. The first-order chi connectivity index (χ1) is 8.29. The molecule has 1 aromatic rings. The zero-order valence-corrected chi connectivity index (χ0v) is 12.9. The van der Waals surface area contributed by atoms with Gasteiger partial charge >= 0.3 is 0 Å². The molecular weight excluding hydrogens is 242 g/mol. The molecule has 3 nitrogen and oxygen atoms in total. The van der Waals surface area contributed by atoms with Gasteiger partial charge in [-0.25, -0.2) is 0 Å². The lowest BCUT2D eigenvalue weighted by Gasteiger charge is -2.31. The molecule has 0 bridgehead atoms. The number of rotatable bonds is 5. The van der Waals surface area contributed by atoms with Crippen molar-refractivity contribution >= 4 is 14.2 Å². The molecule has 0 heterocycles. The molecule has 2 atom stereocenters. The fourth-order valence-electron chi connectivity index (χ4n) is 1.88. The van der Waals surface area contributed by atoms with Crippen LogP contribution in [0.5, 0.6) is 0 Å². The van der Waals surface area contributed by atoms with Gasteiger partial charge in [0.1, 0.15) is 0 Å². The highest BCUT2D eigenvalue weighted by molar-refractivity contribution is 6.69. The van der Waals surface area contributed by atoms with Crippen LogP contribution < -0.4 is 5.32 Å². The van der Waals surface area contributed by atoms with Crippen molar-refractivity contribution in [3.8, 4) is 0 Å². The number of carbonyl (C=O) groups excluding carboxylic acids is 1. The van der Waals surface area contributed by atoms with E-state index in [1.54, 1.807) is 0 Å². The Kier molecular flexibility index (Phi) is 5.11. The summed E-state index contributed by atoms with van der Waals surface area (Å²) in [5.74, 6) is -0.0254. The first kappa shape index (κ1) is 14.9. The number of carbonyl (C=O) groups is 1. The maximum absolute atomic E-state index is 11.2. The van der Waals surface area contributed by atoms with Crippen LogP contribution in [0.15, 0.2) is 30.3 Å². The molecule has 1 amide bonds. The molecule has 0 unspecified atom stereocenters. The van der Waals surface area contributed by atoms with Crippen molar-refractivity contribution in [3.63, 3.8) is 0 Å². The second-order valence-electron chi connectivity index (χ2n) is 5.55. The predicted octanol–water partition coefficient (Wildman–Crippen LogP) is 3.10. The minimum Gasteiger partial charge on any atom is -0.409 e. The summed E-state index contributed by atoms with van der Waals surface area (Å²) in [5.41, 5.74) is 1.11. The van der Waals surface area contributed by atoms with Crippen LogP contribution in [0, 0.1) is 0 Å². The highest BCUT2D eigenvalue weighted by atomic mass is 28.4. The van der Waals surface area contributed by atoms with Crippen molar-refractivity contribution in [2.24, 2.45) is 0 Å². The molecular formula is C14H23NO2Si. The Morgan fingerprint density at radius 2 is 1.78 bits per heavy atom. The first-order valence-corrected chi connectivity index (χ1v) is 9.70. The highest BCUT2D eigenvalue weighted by Crippen LogP contribution is 2.25. The van der Waals surface area contributed by atoms with Gasteiger partial charge in [0.2, 0.25) is 5.91 Å². The van der Waals surface area contributed by atoms with Gasteiger partial charge in [-0.05, 0) is 32.1 Å². The molecule has 1 rings (SSSR count). The summed E-state index contributed by atoms with van der Waals surface area (Å²) >= 11 is 0. The molecule has 1 aromatic carbocycles.